The van der Waals surface area contributed by atoms with Gasteiger partial charge in [0.15, 0.2) is 6.29 Å². The summed E-state index contributed by atoms with van der Waals surface area (Å²) in [4.78, 5) is 29.9. The number of fused-ring (bicyclic) bond motifs is 3. The first kappa shape index (κ1) is 28.1. The molecule has 0 aromatic carbocycles. The Hall–Kier alpha value is -2.07. The number of epoxide rings is 1. The second-order valence-corrected chi connectivity index (χ2v) is 13.2. The Morgan fingerprint density at radius 3 is 2.58 bits per heavy atom. The summed E-state index contributed by atoms with van der Waals surface area (Å²) in [6.45, 7) is 11.6. The van der Waals surface area contributed by atoms with Gasteiger partial charge in [0.25, 0.3) is 0 Å². The molecule has 4 heterocycles. The van der Waals surface area contributed by atoms with Crippen molar-refractivity contribution >= 4 is 11.9 Å². The first-order chi connectivity index (χ1) is 19.1. The van der Waals surface area contributed by atoms with Gasteiger partial charge in [-0.2, -0.15) is 0 Å². The number of nitrogens with zero attached hydrogens (tertiary/aromatic N) is 1. The molecule has 2 aliphatic carbocycles. The van der Waals surface area contributed by atoms with Crippen LogP contribution in [-0.4, -0.2) is 73.1 Å². The maximum Gasteiger partial charge on any atom is 0.339 e. The fraction of sp³-hybridized carbons (Fsp3) is 0.774. The third-order valence-corrected chi connectivity index (χ3v) is 11.1. The average molecular weight is 558 g/mol. The SMILES string of the molecule is CCOC1CC2OC([C@]3(C)[C@H]4CCC[C@]5(CO5)C4(COC(C)=O)[C@@H](OC(=O)c4cccnc4)CC3(C)C)CC2O1. The van der Waals surface area contributed by atoms with Gasteiger partial charge in [-0.15, -0.1) is 0 Å². The van der Waals surface area contributed by atoms with E-state index in [9.17, 15) is 9.59 Å². The number of hydrogen-bond donors (Lipinski definition) is 0. The van der Waals surface area contributed by atoms with Crippen molar-refractivity contribution in [2.24, 2.45) is 22.2 Å². The summed E-state index contributed by atoms with van der Waals surface area (Å²) in [7, 11) is 0. The standard InChI is InChI=1S/C31H43NO8/c1-6-35-26-14-22-21(39-26)13-24(38-22)29(5)23-10-7-11-30(17-37-30)31(23,18-36-19(2)33)25(15-28(29,3)4)40-27(34)20-9-8-12-32-16-20/h8-9,12,16,21-26H,6-7,10-11,13-15,17-18H2,1-5H3/t21?,22?,23-,24?,25+,26?,29+,30+,31?/m1/s1. The molecule has 40 heavy (non-hydrogen) atoms. The third kappa shape index (κ3) is 4.22. The predicted molar refractivity (Wildman–Crippen MR) is 143 cm³/mol. The van der Waals surface area contributed by atoms with Crippen LogP contribution in [0.5, 0.6) is 0 Å². The van der Waals surface area contributed by atoms with Crippen LogP contribution in [0, 0.1) is 22.2 Å². The van der Waals surface area contributed by atoms with Crippen molar-refractivity contribution in [1.29, 1.82) is 0 Å². The van der Waals surface area contributed by atoms with Crippen LogP contribution in [0.25, 0.3) is 0 Å². The molecule has 1 aromatic rings. The van der Waals surface area contributed by atoms with Crippen molar-refractivity contribution in [3.63, 3.8) is 0 Å². The minimum absolute atomic E-state index is 0.00657. The summed E-state index contributed by atoms with van der Waals surface area (Å²) in [6.07, 6.45) is 7.21. The van der Waals surface area contributed by atoms with Crippen LogP contribution in [0.15, 0.2) is 24.5 Å². The zero-order chi connectivity index (χ0) is 28.3. The predicted octanol–water partition coefficient (Wildman–Crippen LogP) is 4.47. The topological polar surface area (TPSA) is 106 Å². The van der Waals surface area contributed by atoms with E-state index in [0.29, 0.717) is 25.2 Å². The van der Waals surface area contributed by atoms with E-state index in [1.54, 1.807) is 18.3 Å². The zero-order valence-electron chi connectivity index (χ0n) is 24.4. The minimum atomic E-state index is -0.700. The van der Waals surface area contributed by atoms with Gasteiger partial charge in [-0.05, 0) is 49.7 Å². The molecular formula is C31H43NO8. The van der Waals surface area contributed by atoms with E-state index in [0.717, 1.165) is 32.1 Å². The highest BCUT2D eigenvalue weighted by atomic mass is 16.7. The molecule has 9 heteroatoms. The highest BCUT2D eigenvalue weighted by molar-refractivity contribution is 5.89. The van der Waals surface area contributed by atoms with Crippen LogP contribution in [0.3, 0.4) is 0 Å². The van der Waals surface area contributed by atoms with E-state index in [-0.39, 0.29) is 53.9 Å². The van der Waals surface area contributed by atoms with Gasteiger partial charge in [0, 0.05) is 44.2 Å². The second kappa shape index (κ2) is 10.0. The van der Waals surface area contributed by atoms with Gasteiger partial charge in [0.1, 0.15) is 18.3 Å². The largest absolute Gasteiger partial charge is 0.465 e. The molecular weight excluding hydrogens is 514 g/mol. The number of aromatic nitrogens is 1. The number of carbonyl (C=O) groups excluding carboxylic acids is 2. The lowest BCUT2D eigenvalue weighted by atomic mass is 9.38. The van der Waals surface area contributed by atoms with E-state index in [1.807, 2.05) is 6.92 Å². The van der Waals surface area contributed by atoms with Crippen molar-refractivity contribution in [3.05, 3.63) is 30.1 Å². The van der Waals surface area contributed by atoms with Gasteiger partial charge in [-0.25, -0.2) is 4.79 Å². The molecule has 9 nitrogen and oxygen atoms in total. The summed E-state index contributed by atoms with van der Waals surface area (Å²) >= 11 is 0. The molecule has 0 radical (unpaired) electrons. The number of esters is 2. The molecule has 1 spiro atoms. The molecule has 5 unspecified atom stereocenters. The molecule has 0 bridgehead atoms. The Bertz CT molecular complexity index is 1110. The summed E-state index contributed by atoms with van der Waals surface area (Å²) in [6, 6.07) is 3.45. The Labute approximate surface area is 236 Å². The van der Waals surface area contributed by atoms with Gasteiger partial charge in [0.05, 0.1) is 35.9 Å². The fourth-order valence-corrected chi connectivity index (χ4v) is 8.81. The minimum Gasteiger partial charge on any atom is -0.465 e. The quantitative estimate of drug-likeness (QED) is 0.355. The molecule has 5 fully saturated rings. The van der Waals surface area contributed by atoms with E-state index in [1.165, 1.54) is 13.1 Å². The number of pyridine rings is 1. The van der Waals surface area contributed by atoms with Gasteiger partial charge in [0.2, 0.25) is 0 Å². The molecule has 6 rings (SSSR count). The number of carbonyl (C=O) groups is 2. The van der Waals surface area contributed by atoms with Crippen LogP contribution < -0.4 is 0 Å². The highest BCUT2D eigenvalue weighted by Crippen LogP contribution is 2.73. The number of rotatable bonds is 7. The molecule has 220 valence electrons. The van der Waals surface area contributed by atoms with Crippen molar-refractivity contribution in [1.82, 2.24) is 4.98 Å². The van der Waals surface area contributed by atoms with Crippen molar-refractivity contribution in [2.75, 3.05) is 19.8 Å². The Balaban J connectivity index is 1.39. The van der Waals surface area contributed by atoms with Crippen LogP contribution in [0.4, 0.5) is 0 Å². The van der Waals surface area contributed by atoms with Crippen LogP contribution in [0.1, 0.15) is 83.5 Å². The van der Waals surface area contributed by atoms with E-state index in [4.69, 9.17) is 28.4 Å². The van der Waals surface area contributed by atoms with Gasteiger partial charge < -0.3 is 28.4 Å². The molecule has 3 saturated heterocycles. The molecule has 1 aromatic heterocycles. The van der Waals surface area contributed by atoms with Crippen LogP contribution in [-0.2, 0) is 33.2 Å². The highest BCUT2D eigenvalue weighted by Gasteiger charge is 2.78. The van der Waals surface area contributed by atoms with E-state index < -0.39 is 23.1 Å². The first-order valence-corrected chi connectivity index (χ1v) is 14.9. The summed E-state index contributed by atoms with van der Waals surface area (Å²) in [5.74, 6) is -0.736. The van der Waals surface area contributed by atoms with Crippen molar-refractivity contribution in [2.45, 2.75) is 109 Å². The zero-order valence-corrected chi connectivity index (χ0v) is 24.4. The van der Waals surface area contributed by atoms with Crippen molar-refractivity contribution < 1.29 is 38.0 Å². The van der Waals surface area contributed by atoms with Crippen LogP contribution in [0.2, 0.25) is 0 Å². The third-order valence-electron chi connectivity index (χ3n) is 11.1. The lowest BCUT2D eigenvalue weighted by molar-refractivity contribution is -0.263. The normalized spacial score (nSPS) is 43.1. The maximum atomic E-state index is 13.5. The maximum absolute atomic E-state index is 13.5. The Morgan fingerprint density at radius 1 is 1.15 bits per heavy atom. The van der Waals surface area contributed by atoms with E-state index >= 15 is 0 Å². The monoisotopic (exact) mass is 557 g/mol. The number of hydrogen-bond acceptors (Lipinski definition) is 9. The lowest BCUT2D eigenvalue weighted by Crippen LogP contribution is -2.71. The smallest absolute Gasteiger partial charge is 0.339 e. The fourth-order valence-electron chi connectivity index (χ4n) is 8.81. The number of ether oxygens (including phenoxy) is 6. The molecule has 9 atom stereocenters. The first-order valence-electron chi connectivity index (χ1n) is 14.9. The summed E-state index contributed by atoms with van der Waals surface area (Å²) in [5, 5.41) is 0. The molecule has 5 aliphatic rings. The van der Waals surface area contributed by atoms with Gasteiger partial charge in [-0.3, -0.25) is 9.78 Å². The second-order valence-electron chi connectivity index (χ2n) is 13.2. The molecule has 0 amide bonds. The van der Waals surface area contributed by atoms with Crippen molar-refractivity contribution in [3.8, 4) is 0 Å². The molecule has 0 N–H and O–H groups in total. The summed E-state index contributed by atoms with van der Waals surface area (Å²) < 4.78 is 37.5. The molecule has 3 aliphatic heterocycles. The lowest BCUT2D eigenvalue weighted by Gasteiger charge is -2.67. The van der Waals surface area contributed by atoms with E-state index in [2.05, 4.69) is 25.8 Å². The Kier molecular flexibility index (Phi) is 7.04. The summed E-state index contributed by atoms with van der Waals surface area (Å²) in [5.41, 5.74) is -1.39. The van der Waals surface area contributed by atoms with Gasteiger partial charge >= 0.3 is 11.9 Å². The van der Waals surface area contributed by atoms with Crippen LogP contribution >= 0.6 is 0 Å². The molecule has 2 saturated carbocycles. The Morgan fingerprint density at radius 2 is 1.93 bits per heavy atom. The average Bonchev–Trinajstić information content (AvgIpc) is 3.42. The van der Waals surface area contributed by atoms with Gasteiger partial charge in [-0.1, -0.05) is 27.2 Å².